The zero-order chi connectivity index (χ0) is 46.1. The SMILES string of the molecule is c1ccc(-c2ccc(N(c3ccccc3)c3ccc4c(c3)oc3c4c4cc(-c5ccccc5)cc5c6ccc7ccc(N(c8ccccc8)c8ccc(-c9ccccc9)cc8)cc7c6n3c54)cc2)cc1. The smallest absolute Gasteiger partial charge is 0.213 e. The lowest BCUT2D eigenvalue weighted by Gasteiger charge is -2.26. The van der Waals surface area contributed by atoms with E-state index in [9.17, 15) is 0 Å². The number of benzene rings is 11. The second-order valence-electron chi connectivity index (χ2n) is 18.1. The van der Waals surface area contributed by atoms with Crippen LogP contribution in [0.5, 0.6) is 0 Å². The summed E-state index contributed by atoms with van der Waals surface area (Å²) in [4.78, 5) is 4.68. The third kappa shape index (κ3) is 6.46. The van der Waals surface area contributed by atoms with Crippen molar-refractivity contribution in [3.63, 3.8) is 0 Å². The van der Waals surface area contributed by atoms with Crippen molar-refractivity contribution < 1.29 is 4.42 Å². The van der Waals surface area contributed by atoms with Crippen LogP contribution in [0, 0.1) is 0 Å². The van der Waals surface area contributed by atoms with E-state index in [-0.39, 0.29) is 0 Å². The highest BCUT2D eigenvalue weighted by molar-refractivity contribution is 6.31. The number of anilines is 6. The molecule has 0 aliphatic heterocycles. The van der Waals surface area contributed by atoms with Crippen LogP contribution in [-0.2, 0) is 0 Å². The van der Waals surface area contributed by atoms with Gasteiger partial charge >= 0.3 is 0 Å². The second-order valence-corrected chi connectivity index (χ2v) is 18.1. The maximum Gasteiger partial charge on any atom is 0.213 e. The molecule has 70 heavy (non-hydrogen) atoms. The Kier molecular flexibility index (Phi) is 9.17. The highest BCUT2D eigenvalue weighted by Gasteiger charge is 2.26. The van der Waals surface area contributed by atoms with Crippen molar-refractivity contribution in [3.8, 4) is 33.4 Å². The Bertz CT molecular complexity index is 4190. The molecule has 0 amide bonds. The van der Waals surface area contributed by atoms with Gasteiger partial charge in [-0.05, 0) is 124 Å². The van der Waals surface area contributed by atoms with E-state index in [0.717, 1.165) is 72.5 Å². The van der Waals surface area contributed by atoms with E-state index in [0.29, 0.717) is 0 Å². The van der Waals surface area contributed by atoms with Crippen molar-refractivity contribution in [3.05, 3.63) is 261 Å². The molecular formula is C66H43N3O. The largest absolute Gasteiger partial charge is 0.439 e. The van der Waals surface area contributed by atoms with Gasteiger partial charge in [0, 0.05) is 67.1 Å². The van der Waals surface area contributed by atoms with Crippen molar-refractivity contribution in [2.24, 2.45) is 0 Å². The molecule has 0 radical (unpaired) electrons. The van der Waals surface area contributed by atoms with E-state index in [4.69, 9.17) is 4.42 Å². The van der Waals surface area contributed by atoms with E-state index < -0.39 is 0 Å². The number of furan rings is 1. The standard InChI is InChI=1S/C66H43N3O/c1-6-16-44(17-7-1)47-26-32-53(33-27-47)67(51-22-12-4-13-23-51)55-36-30-49-31-38-57-60-40-50(46-20-10-3-11-21-46)41-61-63-58-39-37-56(43-62(58)70-66(63)69(65(60)61)64(57)59(49)42-55)68(52-24-14-5-15-25-52)54-34-28-48(29-35-54)45-18-8-2-9-19-45/h1-43H. The lowest BCUT2D eigenvalue weighted by Crippen LogP contribution is -2.09. The highest BCUT2D eigenvalue weighted by Crippen LogP contribution is 2.49. The van der Waals surface area contributed by atoms with Gasteiger partial charge in [-0.3, -0.25) is 4.40 Å². The molecule has 0 N–H and O–H groups in total. The van der Waals surface area contributed by atoms with Gasteiger partial charge in [0.05, 0.1) is 16.4 Å². The maximum atomic E-state index is 7.27. The Morgan fingerprint density at radius 3 is 1.23 bits per heavy atom. The first-order valence-corrected chi connectivity index (χ1v) is 23.9. The van der Waals surface area contributed by atoms with Crippen molar-refractivity contribution in [2.45, 2.75) is 0 Å². The zero-order valence-electron chi connectivity index (χ0n) is 38.1. The zero-order valence-corrected chi connectivity index (χ0v) is 38.1. The Balaban J connectivity index is 0.989. The van der Waals surface area contributed by atoms with Gasteiger partial charge in [-0.25, -0.2) is 0 Å². The van der Waals surface area contributed by atoms with E-state index in [1.807, 2.05) is 0 Å². The Hall–Kier alpha value is -9.38. The first kappa shape index (κ1) is 39.8. The van der Waals surface area contributed by atoms with Gasteiger partial charge in [0.25, 0.3) is 0 Å². The predicted molar refractivity (Wildman–Crippen MR) is 294 cm³/mol. The summed E-state index contributed by atoms with van der Waals surface area (Å²) in [5.41, 5.74) is 17.5. The summed E-state index contributed by atoms with van der Waals surface area (Å²) < 4.78 is 9.68. The normalized spacial score (nSPS) is 11.7. The second kappa shape index (κ2) is 16.2. The molecule has 328 valence electrons. The average molecular weight is 894 g/mol. The molecule has 4 nitrogen and oxygen atoms in total. The fourth-order valence-electron chi connectivity index (χ4n) is 10.8. The third-order valence-electron chi connectivity index (χ3n) is 14.1. The van der Waals surface area contributed by atoms with Gasteiger partial charge in [0.2, 0.25) is 5.71 Å². The number of hydrogen-bond donors (Lipinski definition) is 0. The molecule has 0 spiro atoms. The minimum atomic E-state index is 0.838. The molecule has 0 aliphatic rings. The molecule has 0 aliphatic carbocycles. The molecule has 14 aromatic rings. The Morgan fingerprint density at radius 2 is 0.671 bits per heavy atom. The first-order valence-electron chi connectivity index (χ1n) is 23.9. The number of fused-ring (bicyclic) bond motifs is 10. The van der Waals surface area contributed by atoms with E-state index in [1.165, 1.54) is 55.1 Å². The first-order chi connectivity index (χ1) is 34.7. The molecule has 14 rings (SSSR count). The average Bonchev–Trinajstić information content (AvgIpc) is 4.09. The van der Waals surface area contributed by atoms with Gasteiger partial charge in [0.1, 0.15) is 5.58 Å². The summed E-state index contributed by atoms with van der Waals surface area (Å²) in [5.74, 6) is 0. The molecule has 3 heterocycles. The third-order valence-corrected chi connectivity index (χ3v) is 14.1. The molecule has 0 fully saturated rings. The number of hydrogen-bond acceptors (Lipinski definition) is 3. The lowest BCUT2D eigenvalue weighted by atomic mass is 9.98. The Morgan fingerprint density at radius 1 is 0.271 bits per heavy atom. The fraction of sp³-hybridized carbons (Fsp3) is 0. The highest BCUT2D eigenvalue weighted by atomic mass is 16.3. The molecule has 0 bridgehead atoms. The van der Waals surface area contributed by atoms with Crippen LogP contribution in [0.25, 0.3) is 93.4 Å². The molecular weight excluding hydrogens is 851 g/mol. The summed E-state index contributed by atoms with van der Waals surface area (Å²) in [6, 6.07) is 93.8. The van der Waals surface area contributed by atoms with Crippen LogP contribution in [0.3, 0.4) is 0 Å². The van der Waals surface area contributed by atoms with Crippen LogP contribution >= 0.6 is 0 Å². The molecule has 0 unspecified atom stereocenters. The predicted octanol–water partition coefficient (Wildman–Crippen LogP) is 18.7. The van der Waals surface area contributed by atoms with Gasteiger partial charge in [-0.1, -0.05) is 170 Å². The molecule has 0 saturated carbocycles. The summed E-state index contributed by atoms with van der Waals surface area (Å²) in [6.07, 6.45) is 0. The minimum Gasteiger partial charge on any atom is -0.439 e. The van der Waals surface area contributed by atoms with Crippen LogP contribution in [0.1, 0.15) is 0 Å². The topological polar surface area (TPSA) is 24.0 Å². The van der Waals surface area contributed by atoms with Crippen LogP contribution in [0.15, 0.2) is 265 Å². The molecule has 0 atom stereocenters. The van der Waals surface area contributed by atoms with Crippen LogP contribution in [0.2, 0.25) is 0 Å². The lowest BCUT2D eigenvalue weighted by molar-refractivity contribution is 0.652. The van der Waals surface area contributed by atoms with Gasteiger partial charge in [-0.15, -0.1) is 0 Å². The van der Waals surface area contributed by atoms with E-state index >= 15 is 0 Å². The Labute approximate surface area is 405 Å². The summed E-state index contributed by atoms with van der Waals surface area (Å²) >= 11 is 0. The van der Waals surface area contributed by atoms with E-state index in [2.05, 4.69) is 275 Å². The van der Waals surface area contributed by atoms with Crippen LogP contribution < -0.4 is 9.80 Å². The molecule has 4 heteroatoms. The van der Waals surface area contributed by atoms with Crippen LogP contribution in [-0.4, -0.2) is 4.40 Å². The summed E-state index contributed by atoms with van der Waals surface area (Å²) in [5, 5.41) is 8.11. The fourth-order valence-corrected chi connectivity index (χ4v) is 10.8. The maximum absolute atomic E-state index is 7.27. The van der Waals surface area contributed by atoms with Crippen molar-refractivity contribution in [1.82, 2.24) is 4.40 Å². The molecule has 0 saturated heterocycles. The van der Waals surface area contributed by atoms with E-state index in [1.54, 1.807) is 0 Å². The molecule has 11 aromatic carbocycles. The monoisotopic (exact) mass is 893 g/mol. The van der Waals surface area contributed by atoms with Gasteiger partial charge in [-0.2, -0.15) is 0 Å². The van der Waals surface area contributed by atoms with Crippen molar-refractivity contribution >= 4 is 94.2 Å². The number of aromatic nitrogens is 1. The minimum absolute atomic E-state index is 0.838. The van der Waals surface area contributed by atoms with Gasteiger partial charge < -0.3 is 14.2 Å². The quantitative estimate of drug-likeness (QED) is 0.144. The van der Waals surface area contributed by atoms with Crippen molar-refractivity contribution in [2.75, 3.05) is 9.80 Å². The van der Waals surface area contributed by atoms with Gasteiger partial charge in [0.15, 0.2) is 0 Å². The summed E-state index contributed by atoms with van der Waals surface area (Å²) in [6.45, 7) is 0. The summed E-state index contributed by atoms with van der Waals surface area (Å²) in [7, 11) is 0. The van der Waals surface area contributed by atoms with Crippen molar-refractivity contribution in [1.29, 1.82) is 0 Å². The number of nitrogens with zero attached hydrogens (tertiary/aromatic N) is 3. The number of para-hydroxylation sites is 2. The molecule has 3 aromatic heterocycles. The number of rotatable bonds is 9. The van der Waals surface area contributed by atoms with Crippen LogP contribution in [0.4, 0.5) is 34.1 Å².